The van der Waals surface area contributed by atoms with Crippen LogP contribution in [0.4, 0.5) is 5.82 Å². The van der Waals surface area contributed by atoms with Crippen LogP contribution in [0.3, 0.4) is 0 Å². The highest BCUT2D eigenvalue weighted by Crippen LogP contribution is 2.26. The number of pyridine rings is 1. The lowest BCUT2D eigenvalue weighted by molar-refractivity contribution is 0.0365. The van der Waals surface area contributed by atoms with Crippen LogP contribution in [0.15, 0.2) is 23.2 Å². The number of aromatic nitrogens is 1. The molecule has 0 aliphatic carbocycles. The van der Waals surface area contributed by atoms with Crippen molar-refractivity contribution in [2.45, 2.75) is 30.3 Å². The van der Waals surface area contributed by atoms with E-state index in [1.807, 2.05) is 4.90 Å². The van der Waals surface area contributed by atoms with Crippen molar-refractivity contribution in [1.29, 1.82) is 0 Å². The van der Waals surface area contributed by atoms with Gasteiger partial charge in [0.25, 0.3) is 0 Å². The maximum atomic E-state index is 11.8. The molecule has 0 saturated carbocycles. The zero-order valence-electron chi connectivity index (χ0n) is 12.4. The van der Waals surface area contributed by atoms with E-state index in [1.54, 1.807) is 18.3 Å². The van der Waals surface area contributed by atoms with Gasteiger partial charge in [-0.25, -0.2) is 13.4 Å². The van der Waals surface area contributed by atoms with E-state index in [9.17, 15) is 8.42 Å². The number of anilines is 1. The molecular weight excluding hydrogens is 290 g/mol. The lowest BCUT2D eigenvalue weighted by Gasteiger charge is -2.33. The zero-order valence-corrected chi connectivity index (χ0v) is 13.2. The van der Waals surface area contributed by atoms with Crippen LogP contribution in [0.1, 0.15) is 19.3 Å². The molecule has 0 atom stereocenters. The smallest absolute Gasteiger partial charge is 0.179 e. The third-order valence-corrected chi connectivity index (χ3v) is 4.71. The molecular formula is C14H23N3O3S. The monoisotopic (exact) mass is 313 g/mol. The van der Waals surface area contributed by atoms with Crippen molar-refractivity contribution in [2.24, 2.45) is 5.73 Å². The molecule has 118 valence electrons. The first-order chi connectivity index (χ1) is 10.0. The van der Waals surface area contributed by atoms with Crippen LogP contribution < -0.4 is 10.6 Å². The molecule has 0 amide bonds. The molecule has 7 heteroatoms. The maximum Gasteiger partial charge on any atom is 0.179 e. The summed E-state index contributed by atoms with van der Waals surface area (Å²) in [6.45, 7) is 2.85. The number of hydrogen-bond acceptors (Lipinski definition) is 6. The molecule has 0 aromatic carbocycles. The summed E-state index contributed by atoms with van der Waals surface area (Å²) in [7, 11) is -3.26. The summed E-state index contributed by atoms with van der Waals surface area (Å²) in [4.78, 5) is 6.58. The normalized spacial score (nSPS) is 17.1. The van der Waals surface area contributed by atoms with Crippen molar-refractivity contribution < 1.29 is 13.2 Å². The number of nitrogens with zero attached hydrogens (tertiary/aromatic N) is 2. The Bertz CT molecular complexity index is 554. The quantitative estimate of drug-likeness (QED) is 0.783. The topological polar surface area (TPSA) is 85.5 Å². The number of piperidine rings is 1. The molecule has 21 heavy (non-hydrogen) atoms. The molecule has 0 unspecified atom stereocenters. The largest absolute Gasteiger partial charge is 0.378 e. The summed E-state index contributed by atoms with van der Waals surface area (Å²) in [5.74, 6) is 0.556. The van der Waals surface area contributed by atoms with E-state index in [0.29, 0.717) is 23.9 Å². The summed E-state index contributed by atoms with van der Waals surface area (Å²) < 4.78 is 29.4. The fraction of sp³-hybridized carbons (Fsp3) is 0.643. The van der Waals surface area contributed by atoms with Crippen LogP contribution in [0.5, 0.6) is 0 Å². The van der Waals surface area contributed by atoms with Crippen LogP contribution in [-0.2, 0) is 14.6 Å². The third kappa shape index (κ3) is 4.39. The van der Waals surface area contributed by atoms with Crippen molar-refractivity contribution in [3.8, 4) is 0 Å². The van der Waals surface area contributed by atoms with Crippen molar-refractivity contribution >= 4 is 15.7 Å². The Kier molecular flexibility index (Phi) is 5.55. The van der Waals surface area contributed by atoms with E-state index in [-0.39, 0.29) is 6.10 Å². The van der Waals surface area contributed by atoms with Crippen LogP contribution in [0.25, 0.3) is 0 Å². The van der Waals surface area contributed by atoms with Gasteiger partial charge in [0.15, 0.2) is 9.84 Å². The number of rotatable bonds is 6. The van der Waals surface area contributed by atoms with Gasteiger partial charge in [-0.15, -0.1) is 0 Å². The van der Waals surface area contributed by atoms with Gasteiger partial charge < -0.3 is 15.4 Å². The number of ether oxygens (including phenoxy) is 1. The summed E-state index contributed by atoms with van der Waals surface area (Å²) in [6.07, 6.45) is 5.72. The summed E-state index contributed by atoms with van der Waals surface area (Å²) in [5.41, 5.74) is 5.45. The number of sulfone groups is 1. The number of nitrogens with two attached hydrogens (primary N) is 1. The van der Waals surface area contributed by atoms with Crippen LogP contribution in [0, 0.1) is 0 Å². The van der Waals surface area contributed by atoms with Gasteiger partial charge in [-0.1, -0.05) is 0 Å². The fourth-order valence-electron chi connectivity index (χ4n) is 2.48. The third-order valence-electron chi connectivity index (χ3n) is 3.59. The molecule has 1 aromatic heterocycles. The second-order valence-corrected chi connectivity index (χ2v) is 7.28. The average Bonchev–Trinajstić information content (AvgIpc) is 2.47. The average molecular weight is 313 g/mol. The predicted octanol–water partition coefficient (Wildman–Crippen LogP) is 0.819. The summed E-state index contributed by atoms with van der Waals surface area (Å²) >= 11 is 0. The van der Waals surface area contributed by atoms with Gasteiger partial charge in [0.2, 0.25) is 0 Å². The van der Waals surface area contributed by atoms with Crippen LogP contribution >= 0.6 is 0 Å². The Balaban J connectivity index is 2.00. The minimum Gasteiger partial charge on any atom is -0.378 e. The van der Waals surface area contributed by atoms with E-state index in [1.165, 1.54) is 6.26 Å². The van der Waals surface area contributed by atoms with Gasteiger partial charge in [-0.2, -0.15) is 0 Å². The Morgan fingerprint density at radius 1 is 1.43 bits per heavy atom. The Hall–Kier alpha value is -1.18. The number of hydrogen-bond donors (Lipinski definition) is 1. The molecule has 1 aromatic rings. The Morgan fingerprint density at radius 2 is 2.14 bits per heavy atom. The predicted molar refractivity (Wildman–Crippen MR) is 82.2 cm³/mol. The van der Waals surface area contributed by atoms with E-state index in [4.69, 9.17) is 10.5 Å². The molecule has 2 N–H and O–H groups in total. The minimum atomic E-state index is -3.26. The van der Waals surface area contributed by atoms with Gasteiger partial charge in [-0.05, 0) is 37.9 Å². The van der Waals surface area contributed by atoms with E-state index in [0.717, 1.165) is 32.4 Å². The van der Waals surface area contributed by atoms with Crippen molar-refractivity contribution in [2.75, 3.05) is 37.4 Å². The van der Waals surface area contributed by atoms with Gasteiger partial charge in [-0.3, -0.25) is 0 Å². The van der Waals surface area contributed by atoms with Crippen molar-refractivity contribution in [3.05, 3.63) is 18.3 Å². The van der Waals surface area contributed by atoms with Crippen LogP contribution in [0.2, 0.25) is 0 Å². The molecule has 2 heterocycles. The second-order valence-electron chi connectivity index (χ2n) is 5.30. The van der Waals surface area contributed by atoms with E-state index in [2.05, 4.69) is 4.98 Å². The molecule has 0 spiro atoms. The van der Waals surface area contributed by atoms with Gasteiger partial charge in [0.05, 0.1) is 6.10 Å². The molecule has 2 rings (SSSR count). The minimum absolute atomic E-state index is 0.234. The van der Waals surface area contributed by atoms with E-state index < -0.39 is 9.84 Å². The first-order valence-electron chi connectivity index (χ1n) is 7.24. The molecule has 1 aliphatic rings. The summed E-state index contributed by atoms with van der Waals surface area (Å²) in [5, 5.41) is 0. The molecule has 1 fully saturated rings. The molecule has 1 saturated heterocycles. The lowest BCUT2D eigenvalue weighted by atomic mass is 10.1. The van der Waals surface area contributed by atoms with Gasteiger partial charge in [0, 0.05) is 32.1 Å². The lowest BCUT2D eigenvalue weighted by Crippen LogP contribution is -2.38. The highest BCUT2D eigenvalue weighted by atomic mass is 32.2. The van der Waals surface area contributed by atoms with Crippen molar-refractivity contribution in [1.82, 2.24) is 4.98 Å². The Morgan fingerprint density at radius 3 is 2.76 bits per heavy atom. The van der Waals surface area contributed by atoms with Crippen LogP contribution in [-0.4, -0.2) is 52.0 Å². The SMILES string of the molecule is CS(=O)(=O)c1cccnc1N1CCC(OCCCN)CC1. The standard InChI is InChI=1S/C14H23N3O3S/c1-21(18,19)13-4-2-8-16-14(13)17-9-5-12(6-10-17)20-11-3-7-15/h2,4,8,12H,3,5-7,9-11,15H2,1H3. The second kappa shape index (κ2) is 7.20. The first kappa shape index (κ1) is 16.2. The first-order valence-corrected chi connectivity index (χ1v) is 9.13. The van der Waals surface area contributed by atoms with Gasteiger partial charge >= 0.3 is 0 Å². The molecule has 0 radical (unpaired) electrons. The maximum absolute atomic E-state index is 11.8. The zero-order chi connectivity index (χ0) is 15.3. The van der Waals surface area contributed by atoms with E-state index >= 15 is 0 Å². The highest BCUT2D eigenvalue weighted by molar-refractivity contribution is 7.90. The molecule has 1 aliphatic heterocycles. The van der Waals surface area contributed by atoms with Gasteiger partial charge in [0.1, 0.15) is 10.7 Å². The van der Waals surface area contributed by atoms with Crippen molar-refractivity contribution in [3.63, 3.8) is 0 Å². The Labute approximate surface area is 126 Å². The fourth-order valence-corrected chi connectivity index (χ4v) is 3.32. The molecule has 0 bridgehead atoms. The summed E-state index contributed by atoms with van der Waals surface area (Å²) in [6, 6.07) is 3.27. The molecule has 6 nitrogen and oxygen atoms in total. The highest BCUT2D eigenvalue weighted by Gasteiger charge is 2.24.